The van der Waals surface area contributed by atoms with E-state index < -0.39 is 47.4 Å². The quantitative estimate of drug-likeness (QED) is 0.870. The van der Waals surface area contributed by atoms with Crippen LogP contribution >= 0.6 is 0 Å². The minimum atomic E-state index is -4.70. The number of alkyl halides is 3. The number of carboxylic acids is 1. The van der Waals surface area contributed by atoms with E-state index in [1.165, 1.54) is 6.92 Å². The molecule has 0 aliphatic carbocycles. The zero-order valence-corrected chi connectivity index (χ0v) is 10.7. The lowest BCUT2D eigenvalue weighted by Crippen LogP contribution is -2.39. The van der Waals surface area contributed by atoms with Gasteiger partial charge in [0.25, 0.3) is 5.91 Å². The molecule has 0 radical (unpaired) electrons. The Morgan fingerprint density at radius 2 is 1.62 bits per heavy atom. The van der Waals surface area contributed by atoms with Crippen molar-refractivity contribution in [1.82, 2.24) is 4.90 Å². The second-order valence-electron chi connectivity index (χ2n) is 4.05. The Balaban J connectivity index is 3.27. The van der Waals surface area contributed by atoms with E-state index in [0.29, 0.717) is 4.90 Å². The van der Waals surface area contributed by atoms with Crippen molar-refractivity contribution in [2.75, 3.05) is 13.1 Å². The van der Waals surface area contributed by atoms with Crippen molar-refractivity contribution in [2.45, 2.75) is 13.1 Å². The van der Waals surface area contributed by atoms with E-state index in [9.17, 15) is 31.5 Å². The molecular formula is C12H10F5NO3. The molecule has 0 bridgehead atoms. The van der Waals surface area contributed by atoms with Crippen LogP contribution in [-0.4, -0.2) is 41.1 Å². The zero-order chi connectivity index (χ0) is 16.4. The first kappa shape index (κ1) is 16.9. The first-order valence-electron chi connectivity index (χ1n) is 5.65. The van der Waals surface area contributed by atoms with Gasteiger partial charge in [-0.2, -0.15) is 13.2 Å². The molecule has 0 aromatic heterocycles. The van der Waals surface area contributed by atoms with Crippen LogP contribution in [0.15, 0.2) is 12.1 Å². The third-order valence-corrected chi connectivity index (χ3v) is 2.56. The summed E-state index contributed by atoms with van der Waals surface area (Å²) < 4.78 is 63.1. The molecule has 0 saturated carbocycles. The molecule has 0 spiro atoms. The van der Waals surface area contributed by atoms with E-state index in [2.05, 4.69) is 0 Å². The Morgan fingerprint density at radius 3 is 2.00 bits per heavy atom. The summed E-state index contributed by atoms with van der Waals surface area (Å²) in [7, 11) is 0. The van der Waals surface area contributed by atoms with Gasteiger partial charge in [-0.25, -0.2) is 13.6 Å². The average Bonchev–Trinajstić information content (AvgIpc) is 2.36. The first-order valence-corrected chi connectivity index (χ1v) is 5.65. The highest BCUT2D eigenvalue weighted by Crippen LogP contribution is 2.21. The summed E-state index contributed by atoms with van der Waals surface area (Å²) in [5.41, 5.74) is -1.74. The predicted molar refractivity (Wildman–Crippen MR) is 60.9 cm³/mol. The molecule has 1 N–H and O–H groups in total. The molecule has 4 nitrogen and oxygen atoms in total. The lowest BCUT2D eigenvalue weighted by molar-refractivity contribution is -0.140. The number of rotatable bonds is 4. The summed E-state index contributed by atoms with van der Waals surface area (Å²) in [6, 6.07) is 0.534. The van der Waals surface area contributed by atoms with Crippen molar-refractivity contribution >= 4 is 11.9 Å². The van der Waals surface area contributed by atoms with Crippen LogP contribution in [0.5, 0.6) is 0 Å². The molecule has 1 amide bonds. The standard InChI is InChI=1S/C12H10F5NO3/c1-2-18(5-12(15,16)17)10(19)6-3-8(13)9(14)4-7(6)11(20)21/h3-4H,2,5H2,1H3,(H,20,21). The fraction of sp³-hybridized carbons (Fsp3) is 0.333. The van der Waals surface area contributed by atoms with Crippen LogP contribution in [0, 0.1) is 11.6 Å². The fourth-order valence-electron chi connectivity index (χ4n) is 1.61. The zero-order valence-electron chi connectivity index (χ0n) is 10.7. The second-order valence-corrected chi connectivity index (χ2v) is 4.05. The highest BCUT2D eigenvalue weighted by Gasteiger charge is 2.34. The van der Waals surface area contributed by atoms with Crippen LogP contribution in [-0.2, 0) is 0 Å². The SMILES string of the molecule is CCN(CC(F)(F)F)C(=O)c1cc(F)c(F)cc1C(=O)O. The van der Waals surface area contributed by atoms with Gasteiger partial charge < -0.3 is 10.0 Å². The molecule has 0 aliphatic heterocycles. The van der Waals surface area contributed by atoms with E-state index >= 15 is 0 Å². The molecule has 1 aromatic rings. The molecule has 0 atom stereocenters. The molecule has 0 aliphatic rings. The molecule has 0 fully saturated rings. The number of aromatic carboxylic acids is 1. The molecular weight excluding hydrogens is 301 g/mol. The van der Waals surface area contributed by atoms with Crippen molar-refractivity contribution in [1.29, 1.82) is 0 Å². The van der Waals surface area contributed by atoms with Gasteiger partial charge in [0.05, 0.1) is 11.1 Å². The molecule has 1 rings (SSSR count). The Labute approximate surface area is 115 Å². The van der Waals surface area contributed by atoms with Crippen LogP contribution in [0.25, 0.3) is 0 Å². The Hall–Kier alpha value is -2.19. The third-order valence-electron chi connectivity index (χ3n) is 2.56. The van der Waals surface area contributed by atoms with Crippen LogP contribution in [0.3, 0.4) is 0 Å². The highest BCUT2D eigenvalue weighted by molar-refractivity contribution is 6.04. The van der Waals surface area contributed by atoms with Crippen molar-refractivity contribution in [3.63, 3.8) is 0 Å². The van der Waals surface area contributed by atoms with Gasteiger partial charge in [0.2, 0.25) is 0 Å². The van der Waals surface area contributed by atoms with E-state index in [4.69, 9.17) is 5.11 Å². The molecule has 9 heteroatoms. The average molecular weight is 311 g/mol. The van der Waals surface area contributed by atoms with E-state index in [0.717, 1.165) is 0 Å². The van der Waals surface area contributed by atoms with Gasteiger partial charge in [-0.1, -0.05) is 0 Å². The number of carbonyl (C=O) groups excluding carboxylic acids is 1. The summed E-state index contributed by atoms with van der Waals surface area (Å²) in [6.07, 6.45) is -4.70. The molecule has 0 heterocycles. The second kappa shape index (κ2) is 6.06. The monoisotopic (exact) mass is 311 g/mol. The summed E-state index contributed by atoms with van der Waals surface area (Å²) in [6.45, 7) is -0.763. The van der Waals surface area contributed by atoms with Crippen molar-refractivity contribution in [3.05, 3.63) is 34.9 Å². The van der Waals surface area contributed by atoms with Crippen LogP contribution in [0.4, 0.5) is 22.0 Å². The topological polar surface area (TPSA) is 57.6 Å². The largest absolute Gasteiger partial charge is 0.478 e. The number of carbonyl (C=O) groups is 2. The normalized spacial score (nSPS) is 11.3. The third kappa shape index (κ3) is 4.14. The number of hydrogen-bond donors (Lipinski definition) is 1. The maximum atomic E-state index is 13.1. The maximum Gasteiger partial charge on any atom is 0.406 e. The summed E-state index contributed by atoms with van der Waals surface area (Å²) in [5, 5.41) is 8.83. The van der Waals surface area contributed by atoms with Gasteiger partial charge >= 0.3 is 12.1 Å². The van der Waals surface area contributed by atoms with Crippen molar-refractivity contribution in [3.8, 4) is 0 Å². The number of nitrogens with zero attached hydrogens (tertiary/aromatic N) is 1. The molecule has 0 saturated heterocycles. The Bertz CT molecular complexity index is 571. The maximum absolute atomic E-state index is 13.1. The van der Waals surface area contributed by atoms with Gasteiger partial charge in [0.15, 0.2) is 11.6 Å². The van der Waals surface area contributed by atoms with E-state index in [1.54, 1.807) is 0 Å². The first-order chi connectivity index (χ1) is 9.56. The van der Waals surface area contributed by atoms with Gasteiger partial charge in [-0.3, -0.25) is 4.79 Å². The summed E-state index contributed by atoms with van der Waals surface area (Å²) in [4.78, 5) is 23.1. The lowest BCUT2D eigenvalue weighted by Gasteiger charge is -2.23. The van der Waals surface area contributed by atoms with Crippen molar-refractivity contribution in [2.24, 2.45) is 0 Å². The van der Waals surface area contributed by atoms with Crippen LogP contribution in [0.1, 0.15) is 27.6 Å². The Morgan fingerprint density at radius 1 is 1.14 bits per heavy atom. The highest BCUT2D eigenvalue weighted by atomic mass is 19.4. The van der Waals surface area contributed by atoms with E-state index in [-0.39, 0.29) is 18.7 Å². The smallest absolute Gasteiger partial charge is 0.406 e. The minimum absolute atomic E-state index is 0.256. The summed E-state index contributed by atoms with van der Waals surface area (Å²) >= 11 is 0. The summed E-state index contributed by atoms with van der Waals surface area (Å²) in [5.74, 6) is -6.12. The molecule has 1 aromatic carbocycles. The number of hydrogen-bond acceptors (Lipinski definition) is 2. The van der Waals surface area contributed by atoms with Gasteiger partial charge in [-0.15, -0.1) is 0 Å². The van der Waals surface area contributed by atoms with Gasteiger partial charge in [0.1, 0.15) is 6.54 Å². The Kier molecular flexibility index (Phi) is 4.87. The number of benzene rings is 1. The van der Waals surface area contributed by atoms with Crippen LogP contribution < -0.4 is 0 Å². The molecule has 116 valence electrons. The number of carboxylic acid groups (broad SMARTS) is 1. The molecule has 0 unspecified atom stereocenters. The van der Waals surface area contributed by atoms with Crippen molar-refractivity contribution < 1.29 is 36.6 Å². The predicted octanol–water partition coefficient (Wildman–Crippen LogP) is 2.69. The van der Waals surface area contributed by atoms with Gasteiger partial charge in [-0.05, 0) is 19.1 Å². The molecule has 21 heavy (non-hydrogen) atoms. The number of halogens is 5. The fourth-order valence-corrected chi connectivity index (χ4v) is 1.61. The number of amides is 1. The van der Waals surface area contributed by atoms with Crippen LogP contribution in [0.2, 0.25) is 0 Å². The van der Waals surface area contributed by atoms with E-state index in [1.807, 2.05) is 0 Å². The van der Waals surface area contributed by atoms with Gasteiger partial charge in [0, 0.05) is 6.54 Å². The minimum Gasteiger partial charge on any atom is -0.478 e. The lowest BCUT2D eigenvalue weighted by atomic mass is 10.1.